The lowest BCUT2D eigenvalue weighted by Crippen LogP contribution is -2.13. The predicted octanol–water partition coefficient (Wildman–Crippen LogP) is 0.680. The maximum absolute atomic E-state index is 11.6. The first kappa shape index (κ1) is 10.1. The normalized spacial score (nSPS) is 12.6. The summed E-state index contributed by atoms with van der Waals surface area (Å²) in [7, 11) is 0. The molecule has 1 aromatic carbocycles. The molecule has 0 bridgehead atoms. The summed E-state index contributed by atoms with van der Waals surface area (Å²) < 4.78 is 0. The van der Waals surface area contributed by atoms with Crippen molar-refractivity contribution in [1.29, 1.82) is 0 Å². The smallest absolute Gasteiger partial charge is 0.296 e. The van der Waals surface area contributed by atoms with E-state index in [9.17, 15) is 14.4 Å². The highest BCUT2D eigenvalue weighted by atomic mass is 16.2. The quantitative estimate of drug-likeness (QED) is 0.391. The lowest BCUT2D eigenvalue weighted by molar-refractivity contribution is -0.112. The Balaban J connectivity index is 2.70. The van der Waals surface area contributed by atoms with Crippen LogP contribution in [0.1, 0.15) is 21.5 Å². The largest absolute Gasteiger partial charge is 0.318 e. The summed E-state index contributed by atoms with van der Waals surface area (Å²) in [5.74, 6) is 3.57. The molecule has 78 valence electrons. The Morgan fingerprint density at radius 3 is 2.75 bits per heavy atom. The SMILES string of the molecule is Cc1ccc2c(c1C#CC=O)C(=O)C(=O)N2. The molecule has 1 aromatic rings. The highest BCUT2D eigenvalue weighted by molar-refractivity contribution is 6.52. The van der Waals surface area contributed by atoms with Crippen molar-refractivity contribution in [2.75, 3.05) is 5.32 Å². The zero-order valence-electron chi connectivity index (χ0n) is 8.46. The average Bonchev–Trinajstić information content (AvgIpc) is 2.55. The lowest BCUT2D eigenvalue weighted by atomic mass is 9.99. The number of ketones is 1. The Labute approximate surface area is 91.6 Å². The van der Waals surface area contributed by atoms with Gasteiger partial charge in [-0.15, -0.1) is 0 Å². The number of amides is 1. The Morgan fingerprint density at radius 2 is 2.06 bits per heavy atom. The third kappa shape index (κ3) is 1.39. The van der Waals surface area contributed by atoms with E-state index in [4.69, 9.17) is 0 Å². The Hall–Kier alpha value is -2.41. The number of fused-ring (bicyclic) bond motifs is 1. The molecule has 0 fully saturated rings. The fraction of sp³-hybridized carbons (Fsp3) is 0.0833. The molecular formula is C12H7NO3. The van der Waals surface area contributed by atoms with Crippen LogP contribution in [0.25, 0.3) is 0 Å². The average molecular weight is 213 g/mol. The van der Waals surface area contributed by atoms with E-state index >= 15 is 0 Å². The van der Waals surface area contributed by atoms with E-state index in [0.717, 1.165) is 5.56 Å². The van der Waals surface area contributed by atoms with E-state index in [1.54, 1.807) is 19.1 Å². The van der Waals surface area contributed by atoms with Crippen LogP contribution in [-0.4, -0.2) is 18.0 Å². The van der Waals surface area contributed by atoms with Crippen LogP contribution in [0.3, 0.4) is 0 Å². The van der Waals surface area contributed by atoms with E-state index in [-0.39, 0.29) is 5.56 Å². The maximum atomic E-state index is 11.6. The molecule has 1 heterocycles. The van der Waals surface area contributed by atoms with Crippen molar-refractivity contribution in [3.05, 3.63) is 28.8 Å². The molecule has 0 saturated heterocycles. The van der Waals surface area contributed by atoms with Gasteiger partial charge in [-0.2, -0.15) is 0 Å². The predicted molar refractivity (Wildman–Crippen MR) is 57.1 cm³/mol. The van der Waals surface area contributed by atoms with Gasteiger partial charge in [0.1, 0.15) is 0 Å². The zero-order chi connectivity index (χ0) is 11.7. The van der Waals surface area contributed by atoms with Gasteiger partial charge in [-0.3, -0.25) is 14.4 Å². The second-order valence-corrected chi connectivity index (χ2v) is 3.35. The van der Waals surface area contributed by atoms with E-state index in [2.05, 4.69) is 17.2 Å². The van der Waals surface area contributed by atoms with Crippen molar-refractivity contribution in [1.82, 2.24) is 0 Å². The van der Waals surface area contributed by atoms with E-state index in [0.29, 0.717) is 17.5 Å². The number of Topliss-reactive ketones (excluding diaryl/α,β-unsaturated/α-hetero) is 1. The van der Waals surface area contributed by atoms with Crippen molar-refractivity contribution in [3.63, 3.8) is 0 Å². The molecule has 1 aliphatic rings. The van der Waals surface area contributed by atoms with Gasteiger partial charge in [0.25, 0.3) is 11.7 Å². The molecule has 0 aliphatic carbocycles. The molecule has 4 nitrogen and oxygen atoms in total. The van der Waals surface area contributed by atoms with Gasteiger partial charge in [0.2, 0.25) is 0 Å². The number of hydrogen-bond donors (Lipinski definition) is 1. The van der Waals surface area contributed by atoms with Gasteiger partial charge in [0, 0.05) is 5.56 Å². The molecule has 0 unspecified atom stereocenters. The summed E-state index contributed by atoms with van der Waals surface area (Å²) in [5, 5.41) is 2.45. The summed E-state index contributed by atoms with van der Waals surface area (Å²) in [6.07, 6.45) is 0.452. The molecule has 0 radical (unpaired) electrons. The fourth-order valence-electron chi connectivity index (χ4n) is 1.60. The monoisotopic (exact) mass is 213 g/mol. The molecule has 2 rings (SSSR count). The minimum atomic E-state index is -0.658. The lowest BCUT2D eigenvalue weighted by Gasteiger charge is -2.03. The summed E-state index contributed by atoms with van der Waals surface area (Å²) >= 11 is 0. The number of aryl methyl sites for hydroxylation is 1. The molecule has 0 aromatic heterocycles. The molecule has 4 heteroatoms. The van der Waals surface area contributed by atoms with Crippen LogP contribution in [0.15, 0.2) is 12.1 Å². The number of nitrogens with one attached hydrogen (secondary N) is 1. The summed E-state index contributed by atoms with van der Waals surface area (Å²) in [6.45, 7) is 1.77. The zero-order valence-corrected chi connectivity index (χ0v) is 8.46. The number of rotatable bonds is 0. The molecule has 1 amide bonds. The highest BCUT2D eigenvalue weighted by Crippen LogP contribution is 2.28. The number of benzene rings is 1. The van der Waals surface area contributed by atoms with Gasteiger partial charge >= 0.3 is 0 Å². The second kappa shape index (κ2) is 3.63. The topological polar surface area (TPSA) is 63.2 Å². The third-order valence-electron chi connectivity index (χ3n) is 2.35. The van der Waals surface area contributed by atoms with E-state index in [1.165, 1.54) is 0 Å². The van der Waals surface area contributed by atoms with Crippen LogP contribution in [0.5, 0.6) is 0 Å². The standard InChI is InChI=1S/C12H7NO3/c1-7-4-5-9-10(8(7)3-2-6-14)11(15)12(16)13-9/h4-6H,1H3,(H,13,15,16). The number of anilines is 1. The van der Waals surface area contributed by atoms with Gasteiger partial charge in [0.15, 0.2) is 6.29 Å². The molecule has 0 atom stereocenters. The second-order valence-electron chi connectivity index (χ2n) is 3.35. The maximum Gasteiger partial charge on any atom is 0.296 e. The highest BCUT2D eigenvalue weighted by Gasteiger charge is 2.30. The van der Waals surface area contributed by atoms with Gasteiger partial charge in [-0.25, -0.2) is 0 Å². The summed E-state index contributed by atoms with van der Waals surface area (Å²) in [4.78, 5) is 32.9. The minimum absolute atomic E-state index is 0.263. The Kier molecular flexibility index (Phi) is 2.29. The summed E-state index contributed by atoms with van der Waals surface area (Å²) in [6, 6.07) is 3.39. The summed E-state index contributed by atoms with van der Waals surface area (Å²) in [5.41, 5.74) is 1.92. The van der Waals surface area contributed by atoms with Gasteiger partial charge < -0.3 is 5.32 Å². The number of hydrogen-bond acceptors (Lipinski definition) is 3. The number of aldehydes is 1. The van der Waals surface area contributed by atoms with Crippen LogP contribution in [-0.2, 0) is 9.59 Å². The Bertz CT molecular complexity index is 576. The first-order valence-corrected chi connectivity index (χ1v) is 4.59. The van der Waals surface area contributed by atoms with Crippen molar-refractivity contribution in [3.8, 4) is 11.8 Å². The Morgan fingerprint density at radius 1 is 1.31 bits per heavy atom. The first-order valence-electron chi connectivity index (χ1n) is 4.59. The van der Waals surface area contributed by atoms with Gasteiger partial charge in [-0.05, 0) is 24.5 Å². The fourth-order valence-corrected chi connectivity index (χ4v) is 1.60. The number of carbonyl (C=O) groups excluding carboxylic acids is 3. The molecule has 1 N–H and O–H groups in total. The van der Waals surface area contributed by atoms with Crippen LogP contribution >= 0.6 is 0 Å². The minimum Gasteiger partial charge on any atom is -0.318 e. The third-order valence-corrected chi connectivity index (χ3v) is 2.35. The molecule has 1 aliphatic heterocycles. The van der Waals surface area contributed by atoms with Gasteiger partial charge in [-0.1, -0.05) is 12.0 Å². The van der Waals surface area contributed by atoms with Crippen LogP contribution in [0, 0.1) is 18.8 Å². The number of carbonyl (C=O) groups is 3. The van der Waals surface area contributed by atoms with Gasteiger partial charge in [0.05, 0.1) is 11.3 Å². The van der Waals surface area contributed by atoms with Crippen molar-refractivity contribution >= 4 is 23.7 Å². The molecule has 0 saturated carbocycles. The van der Waals surface area contributed by atoms with Crippen LogP contribution in [0.2, 0.25) is 0 Å². The molecule has 16 heavy (non-hydrogen) atoms. The first-order chi connectivity index (χ1) is 7.65. The van der Waals surface area contributed by atoms with Crippen LogP contribution < -0.4 is 5.32 Å². The van der Waals surface area contributed by atoms with Crippen molar-refractivity contribution in [2.45, 2.75) is 6.92 Å². The van der Waals surface area contributed by atoms with Crippen LogP contribution in [0.4, 0.5) is 5.69 Å². The molecule has 0 spiro atoms. The van der Waals surface area contributed by atoms with Crippen molar-refractivity contribution < 1.29 is 14.4 Å². The van der Waals surface area contributed by atoms with E-state index in [1.807, 2.05) is 0 Å². The molecular weight excluding hydrogens is 206 g/mol. The van der Waals surface area contributed by atoms with Crippen molar-refractivity contribution in [2.24, 2.45) is 0 Å². The van der Waals surface area contributed by atoms with E-state index < -0.39 is 11.7 Å².